The molecule has 0 aliphatic rings. The van der Waals surface area contributed by atoms with E-state index in [1.807, 2.05) is 62.4 Å². The van der Waals surface area contributed by atoms with Gasteiger partial charge in [0.1, 0.15) is 18.1 Å². The number of para-hydroxylation sites is 1. The van der Waals surface area contributed by atoms with E-state index >= 15 is 0 Å². The molecule has 0 radical (unpaired) electrons. The maximum atomic E-state index is 12.8. The van der Waals surface area contributed by atoms with Crippen LogP contribution in [0.2, 0.25) is 0 Å². The number of rotatable bonds is 16. The highest BCUT2D eigenvalue weighted by molar-refractivity contribution is 7.61. The van der Waals surface area contributed by atoms with Crippen molar-refractivity contribution in [3.63, 3.8) is 0 Å². The van der Waals surface area contributed by atoms with E-state index in [1.54, 1.807) is 24.3 Å². The molecule has 2 amide bonds. The van der Waals surface area contributed by atoms with Crippen LogP contribution in [0, 0.1) is 6.92 Å². The highest BCUT2D eigenvalue weighted by Gasteiger charge is 2.36. The fraction of sp³-hybridized carbons (Fsp3) is 0.184. The van der Waals surface area contributed by atoms with Gasteiger partial charge in [-0.15, -0.1) is 0 Å². The molecule has 0 bridgehead atoms. The van der Waals surface area contributed by atoms with Crippen LogP contribution in [0.25, 0.3) is 16.5 Å². The predicted octanol–water partition coefficient (Wildman–Crippen LogP) is 7.97. The van der Waals surface area contributed by atoms with Gasteiger partial charge < -0.3 is 24.2 Å². The molecule has 14 nitrogen and oxygen atoms in total. The highest BCUT2D eigenvalue weighted by atomic mass is 31.3. The summed E-state index contributed by atoms with van der Waals surface area (Å²) in [5, 5.41) is 6.14. The zero-order valence-corrected chi connectivity index (χ0v) is 31.5. The molecule has 5 aromatic rings. The largest absolute Gasteiger partial charge is 0.536 e. The number of nitrogens with zero attached hydrogens (tertiary/aromatic N) is 1. The summed E-state index contributed by atoms with van der Waals surface area (Å²) in [7, 11) is -8.73. The number of hydrogen-bond acceptors (Lipinski definition) is 10. The molecule has 2 unspecified atom stereocenters. The zero-order chi connectivity index (χ0) is 38.9. The summed E-state index contributed by atoms with van der Waals surface area (Å²) in [6.07, 6.45) is 0.0393. The molecule has 0 saturated carbocycles. The molecular formula is C38H39N3O11P2. The molecular weight excluding hydrogens is 736 g/mol. The second-order valence-corrected chi connectivity index (χ2v) is 14.8. The Kier molecular flexibility index (Phi) is 13.0. The minimum Gasteiger partial charge on any atom is -0.495 e. The van der Waals surface area contributed by atoms with Crippen LogP contribution in [-0.4, -0.2) is 47.0 Å². The second-order valence-electron chi connectivity index (χ2n) is 11.8. The van der Waals surface area contributed by atoms with E-state index < -0.39 is 34.3 Å². The summed E-state index contributed by atoms with van der Waals surface area (Å²) >= 11 is 0. The van der Waals surface area contributed by atoms with E-state index in [1.165, 1.54) is 31.4 Å². The van der Waals surface area contributed by atoms with Crippen molar-refractivity contribution in [3.8, 4) is 11.5 Å². The van der Waals surface area contributed by atoms with Crippen LogP contribution in [0.1, 0.15) is 45.2 Å². The number of phosphoric acid groups is 2. The molecule has 4 N–H and O–H groups in total. The summed E-state index contributed by atoms with van der Waals surface area (Å²) in [5.41, 5.74) is 6.33. The van der Waals surface area contributed by atoms with E-state index in [9.17, 15) is 28.5 Å². The van der Waals surface area contributed by atoms with Gasteiger partial charge in [0, 0.05) is 23.2 Å². The topological polar surface area (TPSA) is 192 Å². The smallest absolute Gasteiger partial charge is 0.495 e. The van der Waals surface area contributed by atoms with Gasteiger partial charge in [-0.25, -0.2) is 13.9 Å². The van der Waals surface area contributed by atoms with Crippen molar-refractivity contribution in [1.82, 2.24) is 10.3 Å². The molecule has 0 aliphatic carbocycles. The highest BCUT2D eigenvalue weighted by Crippen LogP contribution is 2.60. The Morgan fingerprint density at radius 1 is 0.870 bits per heavy atom. The summed E-state index contributed by atoms with van der Waals surface area (Å²) in [6, 6.07) is 27.4. The number of benzene rings is 4. The van der Waals surface area contributed by atoms with E-state index in [2.05, 4.69) is 26.5 Å². The first-order valence-corrected chi connectivity index (χ1v) is 19.6. The van der Waals surface area contributed by atoms with Crippen LogP contribution in [0.5, 0.6) is 11.5 Å². The third kappa shape index (κ3) is 10.9. The van der Waals surface area contributed by atoms with Crippen molar-refractivity contribution >= 4 is 49.8 Å². The minimum atomic E-state index is -5.14. The SMILES string of the molecule is C=C(c1ccc(OC)c(NC(=O)OCc2ccc(OP(=O)(O)OP(=O)(O)OCCNC(=O)c3ccc(CC)cc3)cc2)c1)c1cc(C)nc2ccccc12. The van der Waals surface area contributed by atoms with Crippen LogP contribution in [0.4, 0.5) is 10.5 Å². The van der Waals surface area contributed by atoms with Crippen molar-refractivity contribution in [2.45, 2.75) is 26.9 Å². The number of ether oxygens (including phenoxy) is 2. The fourth-order valence-electron chi connectivity index (χ4n) is 5.27. The number of carbonyl (C=O) groups is 2. The number of anilines is 1. The third-order valence-corrected chi connectivity index (χ3v) is 10.5. The van der Waals surface area contributed by atoms with Crippen LogP contribution < -0.4 is 19.9 Å². The van der Waals surface area contributed by atoms with Gasteiger partial charge >= 0.3 is 21.7 Å². The molecule has 282 valence electrons. The van der Waals surface area contributed by atoms with E-state index in [4.69, 9.17) is 18.5 Å². The number of aryl methyl sites for hydroxylation is 2. The number of amides is 2. The minimum absolute atomic E-state index is 0.181. The van der Waals surface area contributed by atoms with Gasteiger partial charge in [0.2, 0.25) is 0 Å². The number of fused-ring (bicyclic) bond motifs is 1. The first-order chi connectivity index (χ1) is 25.8. The molecule has 4 aromatic carbocycles. The van der Waals surface area contributed by atoms with Gasteiger partial charge in [0.25, 0.3) is 5.91 Å². The zero-order valence-electron chi connectivity index (χ0n) is 29.7. The number of hydrogen-bond donors (Lipinski definition) is 4. The Labute approximate surface area is 312 Å². The lowest BCUT2D eigenvalue weighted by atomic mass is 9.95. The van der Waals surface area contributed by atoms with Crippen LogP contribution >= 0.6 is 15.6 Å². The lowest BCUT2D eigenvalue weighted by molar-refractivity contribution is 0.0940. The Morgan fingerprint density at radius 2 is 1.56 bits per heavy atom. The van der Waals surface area contributed by atoms with Gasteiger partial charge in [0.15, 0.2) is 0 Å². The monoisotopic (exact) mass is 775 g/mol. The van der Waals surface area contributed by atoms with Crippen molar-refractivity contribution in [2.24, 2.45) is 0 Å². The first-order valence-electron chi connectivity index (χ1n) is 16.6. The lowest BCUT2D eigenvalue weighted by Crippen LogP contribution is -2.27. The Bertz CT molecular complexity index is 2250. The van der Waals surface area contributed by atoms with E-state index in [0.29, 0.717) is 22.6 Å². The normalized spacial score (nSPS) is 13.3. The van der Waals surface area contributed by atoms with E-state index in [0.717, 1.165) is 45.3 Å². The maximum absolute atomic E-state index is 12.8. The summed E-state index contributed by atoms with van der Waals surface area (Å²) in [6.45, 7) is 7.35. The van der Waals surface area contributed by atoms with Crippen molar-refractivity contribution < 1.29 is 51.3 Å². The van der Waals surface area contributed by atoms with Crippen molar-refractivity contribution in [1.29, 1.82) is 0 Å². The molecule has 0 saturated heterocycles. The van der Waals surface area contributed by atoms with Gasteiger partial charge in [0.05, 0.1) is 24.9 Å². The van der Waals surface area contributed by atoms with E-state index in [-0.39, 0.29) is 18.9 Å². The van der Waals surface area contributed by atoms with Crippen molar-refractivity contribution in [2.75, 3.05) is 25.6 Å². The molecule has 1 heterocycles. The number of methoxy groups -OCH3 is 1. The van der Waals surface area contributed by atoms with Gasteiger partial charge in [-0.05, 0) is 89.7 Å². The molecule has 1 aromatic heterocycles. The van der Waals surface area contributed by atoms with Gasteiger partial charge in [-0.2, -0.15) is 4.31 Å². The summed E-state index contributed by atoms with van der Waals surface area (Å²) < 4.78 is 49.5. The maximum Gasteiger partial charge on any atom is 0.536 e. The predicted molar refractivity (Wildman–Crippen MR) is 203 cm³/mol. The molecule has 0 aliphatic heterocycles. The average Bonchev–Trinajstić information content (AvgIpc) is 3.15. The van der Waals surface area contributed by atoms with Crippen molar-refractivity contribution in [3.05, 3.63) is 137 Å². The Morgan fingerprint density at radius 3 is 2.26 bits per heavy atom. The third-order valence-electron chi connectivity index (χ3n) is 7.94. The molecule has 2 atom stereocenters. The molecule has 0 fully saturated rings. The standard InChI is InChI=1S/C38H39N3O11P2/c1-5-27-10-14-29(15-11-27)37(42)39-20-21-50-53(44,45)52-54(46,47)51-31-17-12-28(13-18-31)24-49-38(43)41-35-23-30(16-19-36(35)48-4)26(3)33-22-25(2)40-34-9-7-6-8-32(33)34/h6-19,22-23H,3,5,20-21,24H2,1-2,4H3,(H,39,42)(H,41,43)(H,44,45)(H,46,47). The molecule has 54 heavy (non-hydrogen) atoms. The fourth-order valence-corrected chi connectivity index (χ4v) is 7.35. The Hall–Kier alpha value is -5.33. The number of aromatic nitrogens is 1. The number of carbonyl (C=O) groups excluding carboxylic acids is 2. The number of pyridine rings is 1. The quantitative estimate of drug-likeness (QED) is 0.0559. The van der Waals surface area contributed by atoms with Gasteiger partial charge in [-0.1, -0.05) is 62.0 Å². The Balaban J connectivity index is 1.11. The summed E-state index contributed by atoms with van der Waals surface area (Å²) in [4.78, 5) is 49.7. The van der Waals surface area contributed by atoms with Crippen LogP contribution in [0.3, 0.4) is 0 Å². The summed E-state index contributed by atoms with van der Waals surface area (Å²) in [5.74, 6) is -0.220. The van der Waals surface area contributed by atoms with Crippen LogP contribution in [0.15, 0.2) is 104 Å². The first kappa shape index (κ1) is 39.9. The second kappa shape index (κ2) is 17.7. The van der Waals surface area contributed by atoms with Crippen LogP contribution in [-0.2, 0) is 35.7 Å². The number of nitrogens with one attached hydrogen (secondary N) is 2. The molecule has 0 spiro atoms. The van der Waals surface area contributed by atoms with Gasteiger partial charge in [-0.3, -0.25) is 24.5 Å². The molecule has 16 heteroatoms. The average molecular weight is 776 g/mol. The lowest BCUT2D eigenvalue weighted by Gasteiger charge is -2.17. The molecule has 5 rings (SSSR count). The number of phosphoric ester groups is 2.